The fraction of sp³-hybridized carbons (Fsp3) is 0.300. The van der Waals surface area contributed by atoms with Crippen LogP contribution in [0.1, 0.15) is 17.0 Å². The van der Waals surface area contributed by atoms with Crippen molar-refractivity contribution < 1.29 is 13.2 Å². The zero-order valence-electron chi connectivity index (χ0n) is 7.51. The van der Waals surface area contributed by atoms with E-state index in [0.29, 0.717) is 6.54 Å². The Morgan fingerprint density at radius 2 is 1.71 bits per heavy atom. The predicted octanol–water partition coefficient (Wildman–Crippen LogP) is 2.58. The summed E-state index contributed by atoms with van der Waals surface area (Å²) in [6.07, 6.45) is -4.28. The SMILES string of the molecule is [CH2]C(CN)c1ccc(C(F)(F)F)cc1. The maximum Gasteiger partial charge on any atom is 0.416 e. The Morgan fingerprint density at radius 1 is 1.21 bits per heavy atom. The Morgan fingerprint density at radius 3 is 2.07 bits per heavy atom. The highest BCUT2D eigenvalue weighted by atomic mass is 19.4. The second-order valence-corrected chi connectivity index (χ2v) is 3.05. The van der Waals surface area contributed by atoms with Crippen LogP contribution in [0.5, 0.6) is 0 Å². The van der Waals surface area contributed by atoms with Crippen LogP contribution in [0.2, 0.25) is 0 Å². The van der Waals surface area contributed by atoms with Crippen LogP contribution in [0.4, 0.5) is 13.2 Å². The van der Waals surface area contributed by atoms with Gasteiger partial charge < -0.3 is 5.73 Å². The smallest absolute Gasteiger partial charge is 0.330 e. The first-order valence-corrected chi connectivity index (χ1v) is 4.15. The van der Waals surface area contributed by atoms with E-state index in [9.17, 15) is 13.2 Å². The molecule has 77 valence electrons. The second kappa shape index (κ2) is 4.00. The Hall–Kier alpha value is -1.03. The first kappa shape index (κ1) is 11.0. The molecular formula is C10H11F3N. The fourth-order valence-corrected chi connectivity index (χ4v) is 1.08. The lowest BCUT2D eigenvalue weighted by atomic mass is 10.00. The predicted molar refractivity (Wildman–Crippen MR) is 48.6 cm³/mol. The summed E-state index contributed by atoms with van der Waals surface area (Å²) in [5.41, 5.74) is 5.42. The minimum Gasteiger partial charge on any atom is -0.330 e. The Balaban J connectivity index is 2.89. The van der Waals surface area contributed by atoms with Crippen LogP contribution in [0.25, 0.3) is 0 Å². The van der Waals surface area contributed by atoms with Crippen LogP contribution in [-0.4, -0.2) is 6.54 Å². The number of rotatable bonds is 2. The first-order valence-electron chi connectivity index (χ1n) is 4.15. The van der Waals surface area contributed by atoms with Gasteiger partial charge in [-0.2, -0.15) is 13.2 Å². The molecule has 0 fully saturated rings. The Labute approximate surface area is 80.7 Å². The molecule has 0 heterocycles. The van der Waals surface area contributed by atoms with Gasteiger partial charge >= 0.3 is 6.18 Å². The van der Waals surface area contributed by atoms with Crippen LogP contribution in [0.15, 0.2) is 24.3 Å². The van der Waals surface area contributed by atoms with Crippen molar-refractivity contribution >= 4 is 0 Å². The van der Waals surface area contributed by atoms with Gasteiger partial charge in [0.2, 0.25) is 0 Å². The standard InChI is InChI=1S/C10H11F3N/c1-7(6-14)8-2-4-9(5-3-8)10(11,12)13/h2-5,7H,1,6,14H2. The number of alkyl halides is 3. The average molecular weight is 202 g/mol. The van der Waals surface area contributed by atoms with E-state index in [2.05, 4.69) is 6.92 Å². The lowest BCUT2D eigenvalue weighted by Gasteiger charge is -2.10. The molecule has 0 bridgehead atoms. The summed E-state index contributed by atoms with van der Waals surface area (Å²) in [6.45, 7) is 4.04. The first-order chi connectivity index (χ1) is 6.45. The molecule has 0 aliphatic heterocycles. The topological polar surface area (TPSA) is 26.0 Å². The third-order valence-corrected chi connectivity index (χ3v) is 1.99. The third kappa shape index (κ3) is 2.48. The van der Waals surface area contributed by atoms with Crippen LogP contribution >= 0.6 is 0 Å². The highest BCUT2D eigenvalue weighted by molar-refractivity contribution is 5.27. The van der Waals surface area contributed by atoms with Gasteiger partial charge in [-0.1, -0.05) is 12.1 Å². The molecule has 1 aromatic rings. The zero-order chi connectivity index (χ0) is 10.8. The minimum absolute atomic E-state index is 0.155. The Bertz CT molecular complexity index is 289. The molecule has 0 aliphatic carbocycles. The molecule has 0 spiro atoms. The average Bonchev–Trinajstić information content (AvgIpc) is 2.15. The molecule has 1 nitrogen and oxygen atoms in total. The molecule has 4 heteroatoms. The quantitative estimate of drug-likeness (QED) is 0.783. The summed E-state index contributed by atoms with van der Waals surface area (Å²) >= 11 is 0. The van der Waals surface area contributed by atoms with E-state index in [-0.39, 0.29) is 5.92 Å². The van der Waals surface area contributed by atoms with Gasteiger partial charge in [-0.15, -0.1) is 0 Å². The third-order valence-electron chi connectivity index (χ3n) is 1.99. The summed E-state index contributed by atoms with van der Waals surface area (Å²) < 4.78 is 36.5. The van der Waals surface area contributed by atoms with Gasteiger partial charge in [0.05, 0.1) is 5.56 Å². The number of hydrogen-bond donors (Lipinski definition) is 1. The Kier molecular flexibility index (Phi) is 3.16. The molecule has 0 saturated carbocycles. The van der Waals surface area contributed by atoms with Crippen molar-refractivity contribution in [3.8, 4) is 0 Å². The van der Waals surface area contributed by atoms with Gasteiger partial charge in [-0.05, 0) is 37.1 Å². The van der Waals surface area contributed by atoms with Crippen molar-refractivity contribution in [3.63, 3.8) is 0 Å². The van der Waals surface area contributed by atoms with E-state index in [1.165, 1.54) is 12.1 Å². The van der Waals surface area contributed by atoms with E-state index in [4.69, 9.17) is 5.73 Å². The summed E-state index contributed by atoms with van der Waals surface area (Å²) in [7, 11) is 0. The van der Waals surface area contributed by atoms with E-state index in [1.807, 2.05) is 0 Å². The molecule has 1 aromatic carbocycles. The normalized spacial score (nSPS) is 14.1. The lowest BCUT2D eigenvalue weighted by molar-refractivity contribution is -0.137. The van der Waals surface area contributed by atoms with Crippen LogP contribution in [0.3, 0.4) is 0 Å². The van der Waals surface area contributed by atoms with Gasteiger partial charge in [0.25, 0.3) is 0 Å². The van der Waals surface area contributed by atoms with Crippen molar-refractivity contribution in [3.05, 3.63) is 42.3 Å². The molecule has 0 saturated heterocycles. The number of hydrogen-bond acceptors (Lipinski definition) is 1. The molecule has 1 unspecified atom stereocenters. The summed E-state index contributed by atoms with van der Waals surface area (Å²) in [4.78, 5) is 0. The van der Waals surface area contributed by atoms with Crippen molar-refractivity contribution in [1.82, 2.24) is 0 Å². The van der Waals surface area contributed by atoms with Crippen LogP contribution in [-0.2, 0) is 6.18 Å². The molecule has 0 amide bonds. The summed E-state index contributed by atoms with van der Waals surface area (Å²) in [5, 5.41) is 0. The molecule has 2 N–H and O–H groups in total. The highest BCUT2D eigenvalue weighted by Crippen LogP contribution is 2.29. The van der Waals surface area contributed by atoms with Gasteiger partial charge in [0, 0.05) is 0 Å². The van der Waals surface area contributed by atoms with E-state index >= 15 is 0 Å². The molecule has 1 radical (unpaired) electrons. The van der Waals surface area contributed by atoms with Gasteiger partial charge in [-0.25, -0.2) is 0 Å². The van der Waals surface area contributed by atoms with Crippen molar-refractivity contribution in [2.75, 3.05) is 6.54 Å². The second-order valence-electron chi connectivity index (χ2n) is 3.05. The largest absolute Gasteiger partial charge is 0.416 e. The van der Waals surface area contributed by atoms with E-state index in [1.54, 1.807) is 0 Å². The molecule has 0 aromatic heterocycles. The number of benzene rings is 1. The minimum atomic E-state index is -4.28. The maximum atomic E-state index is 12.2. The van der Waals surface area contributed by atoms with Gasteiger partial charge in [0.1, 0.15) is 0 Å². The van der Waals surface area contributed by atoms with Gasteiger partial charge in [-0.3, -0.25) is 0 Å². The lowest BCUT2D eigenvalue weighted by Crippen LogP contribution is -2.10. The van der Waals surface area contributed by atoms with E-state index < -0.39 is 11.7 Å². The van der Waals surface area contributed by atoms with Crippen molar-refractivity contribution in [2.45, 2.75) is 12.1 Å². The monoisotopic (exact) mass is 202 g/mol. The van der Waals surface area contributed by atoms with Crippen LogP contribution in [0, 0.1) is 6.92 Å². The molecule has 1 atom stereocenters. The molecule has 14 heavy (non-hydrogen) atoms. The van der Waals surface area contributed by atoms with Crippen LogP contribution < -0.4 is 5.73 Å². The molecule has 1 rings (SSSR count). The van der Waals surface area contributed by atoms with Crippen molar-refractivity contribution in [1.29, 1.82) is 0 Å². The summed E-state index contributed by atoms with van der Waals surface area (Å²) in [5.74, 6) is -0.155. The maximum absolute atomic E-state index is 12.2. The summed E-state index contributed by atoms with van der Waals surface area (Å²) in [6, 6.07) is 4.91. The molecule has 0 aliphatic rings. The fourth-order valence-electron chi connectivity index (χ4n) is 1.08. The van der Waals surface area contributed by atoms with E-state index in [0.717, 1.165) is 17.7 Å². The zero-order valence-corrected chi connectivity index (χ0v) is 7.51. The highest BCUT2D eigenvalue weighted by Gasteiger charge is 2.29. The van der Waals surface area contributed by atoms with Crippen molar-refractivity contribution in [2.24, 2.45) is 5.73 Å². The molecular weight excluding hydrogens is 191 g/mol. The van der Waals surface area contributed by atoms with Gasteiger partial charge in [0.15, 0.2) is 0 Å². The number of halogens is 3. The number of nitrogens with two attached hydrogens (primary N) is 1.